The second-order valence-electron chi connectivity index (χ2n) is 5.71. The largest absolute Gasteiger partial charge is 0.503 e. The number of hydrogen-bond donors (Lipinski definition) is 3. The first-order valence-electron chi connectivity index (χ1n) is 8.37. The molecule has 0 bridgehead atoms. The summed E-state index contributed by atoms with van der Waals surface area (Å²) < 4.78 is 5.99. The fraction of sp³-hybridized carbons (Fsp3) is 0.211. The second-order valence-corrected chi connectivity index (χ2v) is 6.97. The minimum Gasteiger partial charge on any atom is -0.503 e. The first-order valence-corrected chi connectivity index (χ1v) is 9.54. The van der Waals surface area contributed by atoms with Crippen molar-refractivity contribution < 1.29 is 19.4 Å². The number of nitrogens with one attached hydrogen (secondary N) is 2. The van der Waals surface area contributed by atoms with Crippen LogP contribution in [0.3, 0.4) is 0 Å². The molecule has 0 spiro atoms. The number of hydrazone groups is 1. The van der Waals surface area contributed by atoms with Crippen molar-refractivity contribution in [2.24, 2.45) is 11.0 Å². The van der Waals surface area contributed by atoms with Gasteiger partial charge in [0.05, 0.1) is 23.5 Å². The van der Waals surface area contributed by atoms with Crippen LogP contribution in [-0.2, 0) is 9.59 Å². The lowest BCUT2D eigenvalue weighted by Crippen LogP contribution is -2.34. The topological polar surface area (TPSA) is 100 Å². The Morgan fingerprint density at radius 1 is 1.32 bits per heavy atom. The summed E-state index contributed by atoms with van der Waals surface area (Å²) in [5, 5.41) is 16.4. The number of phenols is 1. The van der Waals surface area contributed by atoms with E-state index in [1.807, 2.05) is 6.07 Å². The SMILES string of the molecule is CCOc1cc(C=NNC(=O)C(C)C(=O)Nc2ccccc2Br)cc(Cl)c1O. The third kappa shape index (κ3) is 5.71. The number of para-hydroxylation sites is 1. The minimum atomic E-state index is -0.966. The summed E-state index contributed by atoms with van der Waals surface area (Å²) in [6.07, 6.45) is 1.34. The molecular weight excluding hydrogens is 450 g/mol. The van der Waals surface area contributed by atoms with E-state index >= 15 is 0 Å². The van der Waals surface area contributed by atoms with Crippen LogP contribution in [0.15, 0.2) is 46.0 Å². The molecule has 0 heterocycles. The normalized spacial score (nSPS) is 11.9. The lowest BCUT2D eigenvalue weighted by Gasteiger charge is -2.12. The maximum atomic E-state index is 12.2. The molecule has 3 N–H and O–H groups in total. The predicted octanol–water partition coefficient (Wildman–Crippen LogP) is 3.93. The van der Waals surface area contributed by atoms with E-state index < -0.39 is 17.7 Å². The Kier molecular flexibility index (Phi) is 7.83. The zero-order valence-electron chi connectivity index (χ0n) is 15.2. The average molecular weight is 469 g/mol. The average Bonchev–Trinajstić information content (AvgIpc) is 2.66. The lowest BCUT2D eigenvalue weighted by atomic mass is 10.1. The molecule has 0 fully saturated rings. The number of anilines is 1. The molecule has 0 aliphatic heterocycles. The predicted molar refractivity (Wildman–Crippen MR) is 112 cm³/mol. The Labute approximate surface area is 175 Å². The highest BCUT2D eigenvalue weighted by Gasteiger charge is 2.21. The molecule has 1 unspecified atom stereocenters. The molecule has 7 nitrogen and oxygen atoms in total. The number of benzene rings is 2. The molecule has 148 valence electrons. The van der Waals surface area contributed by atoms with Gasteiger partial charge in [-0.1, -0.05) is 23.7 Å². The van der Waals surface area contributed by atoms with E-state index in [4.69, 9.17) is 16.3 Å². The molecule has 28 heavy (non-hydrogen) atoms. The zero-order chi connectivity index (χ0) is 20.7. The van der Waals surface area contributed by atoms with Gasteiger partial charge in [-0.25, -0.2) is 5.43 Å². The number of hydrogen-bond acceptors (Lipinski definition) is 5. The van der Waals surface area contributed by atoms with Crippen LogP contribution in [0.5, 0.6) is 11.5 Å². The molecule has 0 radical (unpaired) electrons. The fourth-order valence-electron chi connectivity index (χ4n) is 2.12. The quantitative estimate of drug-likeness (QED) is 0.326. The highest BCUT2D eigenvalue weighted by Crippen LogP contribution is 2.34. The highest BCUT2D eigenvalue weighted by molar-refractivity contribution is 9.10. The van der Waals surface area contributed by atoms with Crippen molar-refractivity contribution in [3.8, 4) is 11.5 Å². The molecule has 2 rings (SSSR count). The van der Waals surface area contributed by atoms with Crippen LogP contribution in [0.4, 0.5) is 5.69 Å². The maximum absolute atomic E-state index is 12.2. The summed E-state index contributed by atoms with van der Waals surface area (Å²) in [4.78, 5) is 24.4. The summed E-state index contributed by atoms with van der Waals surface area (Å²) >= 11 is 9.27. The van der Waals surface area contributed by atoms with Gasteiger partial charge in [-0.05, 0) is 59.6 Å². The number of amides is 2. The molecule has 0 saturated heterocycles. The monoisotopic (exact) mass is 467 g/mol. The number of carbonyl (C=O) groups is 2. The number of nitrogens with zero attached hydrogens (tertiary/aromatic N) is 1. The Bertz CT molecular complexity index is 905. The van der Waals surface area contributed by atoms with Gasteiger partial charge in [0.1, 0.15) is 5.92 Å². The third-order valence-corrected chi connectivity index (χ3v) is 4.64. The van der Waals surface area contributed by atoms with Crippen LogP contribution in [0.1, 0.15) is 19.4 Å². The molecular formula is C19H19BrClN3O4. The van der Waals surface area contributed by atoms with Gasteiger partial charge >= 0.3 is 0 Å². The first-order chi connectivity index (χ1) is 13.3. The maximum Gasteiger partial charge on any atom is 0.252 e. The second kappa shape index (κ2) is 10.1. The van der Waals surface area contributed by atoms with Crippen LogP contribution < -0.4 is 15.5 Å². The van der Waals surface area contributed by atoms with Gasteiger partial charge in [-0.3, -0.25) is 9.59 Å². The lowest BCUT2D eigenvalue weighted by molar-refractivity contribution is -0.131. The van der Waals surface area contributed by atoms with Gasteiger partial charge in [0.15, 0.2) is 11.5 Å². The van der Waals surface area contributed by atoms with Crippen LogP contribution >= 0.6 is 27.5 Å². The van der Waals surface area contributed by atoms with E-state index in [0.29, 0.717) is 22.3 Å². The van der Waals surface area contributed by atoms with E-state index in [-0.39, 0.29) is 16.5 Å². The Morgan fingerprint density at radius 2 is 2.04 bits per heavy atom. The van der Waals surface area contributed by atoms with Gasteiger partial charge in [-0.2, -0.15) is 5.10 Å². The summed E-state index contributed by atoms with van der Waals surface area (Å²) in [7, 11) is 0. The van der Waals surface area contributed by atoms with E-state index in [2.05, 4.69) is 31.8 Å². The third-order valence-electron chi connectivity index (χ3n) is 3.66. The molecule has 0 aromatic heterocycles. The number of halogens is 2. The molecule has 0 aliphatic rings. The highest BCUT2D eigenvalue weighted by atomic mass is 79.9. The zero-order valence-corrected chi connectivity index (χ0v) is 17.5. The van der Waals surface area contributed by atoms with Crippen molar-refractivity contribution in [3.63, 3.8) is 0 Å². The summed E-state index contributed by atoms with van der Waals surface area (Å²) in [5.41, 5.74) is 3.39. The first kappa shape index (κ1) is 21.7. The molecule has 0 aliphatic carbocycles. The smallest absolute Gasteiger partial charge is 0.252 e. The molecule has 1 atom stereocenters. The Morgan fingerprint density at radius 3 is 2.71 bits per heavy atom. The minimum absolute atomic E-state index is 0.0971. The van der Waals surface area contributed by atoms with E-state index in [9.17, 15) is 14.7 Å². The molecule has 0 saturated carbocycles. The van der Waals surface area contributed by atoms with Crippen LogP contribution in [-0.4, -0.2) is 29.7 Å². The van der Waals surface area contributed by atoms with Crippen molar-refractivity contribution in [2.75, 3.05) is 11.9 Å². The van der Waals surface area contributed by atoms with E-state index in [1.165, 1.54) is 25.3 Å². The number of ether oxygens (including phenoxy) is 1. The van der Waals surface area contributed by atoms with Gasteiger partial charge < -0.3 is 15.2 Å². The number of rotatable bonds is 7. The summed E-state index contributed by atoms with van der Waals surface area (Å²) in [5.74, 6) is -1.96. The molecule has 2 aromatic carbocycles. The van der Waals surface area contributed by atoms with Crippen molar-refractivity contribution in [1.82, 2.24) is 5.43 Å². The standard InChI is InChI=1S/C19H19BrClN3O4/c1-3-28-16-9-12(8-14(21)17(16)25)10-22-24-19(27)11(2)18(26)23-15-7-5-4-6-13(15)20/h4-11,25H,3H2,1-2H3,(H,23,26)(H,24,27). The van der Waals surface area contributed by atoms with Crippen molar-refractivity contribution in [2.45, 2.75) is 13.8 Å². The van der Waals surface area contributed by atoms with Gasteiger partial charge in [0, 0.05) is 4.47 Å². The summed E-state index contributed by atoms with van der Waals surface area (Å²) in [6, 6.07) is 10.1. The van der Waals surface area contributed by atoms with E-state index in [1.54, 1.807) is 25.1 Å². The number of phenolic OH excluding ortho intramolecular Hbond substituents is 1. The Hall–Kier alpha value is -2.58. The fourth-order valence-corrected chi connectivity index (χ4v) is 2.73. The summed E-state index contributed by atoms with van der Waals surface area (Å²) in [6.45, 7) is 3.60. The number of aromatic hydroxyl groups is 1. The van der Waals surface area contributed by atoms with Gasteiger partial charge in [0.25, 0.3) is 5.91 Å². The van der Waals surface area contributed by atoms with Crippen molar-refractivity contribution in [1.29, 1.82) is 0 Å². The number of carbonyl (C=O) groups excluding carboxylic acids is 2. The van der Waals surface area contributed by atoms with Crippen LogP contribution in [0.2, 0.25) is 5.02 Å². The molecule has 9 heteroatoms. The van der Waals surface area contributed by atoms with Gasteiger partial charge in [-0.15, -0.1) is 0 Å². The van der Waals surface area contributed by atoms with Crippen molar-refractivity contribution in [3.05, 3.63) is 51.5 Å². The van der Waals surface area contributed by atoms with E-state index in [0.717, 1.165) is 0 Å². The molecule has 2 amide bonds. The van der Waals surface area contributed by atoms with Crippen LogP contribution in [0, 0.1) is 5.92 Å². The van der Waals surface area contributed by atoms with Crippen LogP contribution in [0.25, 0.3) is 0 Å². The Balaban J connectivity index is 1.99. The van der Waals surface area contributed by atoms with Gasteiger partial charge in [0.2, 0.25) is 5.91 Å². The van der Waals surface area contributed by atoms with Crippen molar-refractivity contribution >= 4 is 51.2 Å². The molecule has 2 aromatic rings.